The number of benzene rings is 1. The van der Waals surface area contributed by atoms with E-state index in [2.05, 4.69) is 70.5 Å². The van der Waals surface area contributed by atoms with E-state index in [1.54, 1.807) is 12.4 Å². The Bertz CT molecular complexity index is 1170. The SMILES string of the molecule is [C]#CCCC[CH]c1cc(C#Cc2ccccn2)c(C#Cc2ccccn2)cc1[CH]CCCC#[C]. The molecule has 0 aliphatic heterocycles. The highest BCUT2D eigenvalue weighted by molar-refractivity contribution is 5.58. The maximum Gasteiger partial charge on any atom is 0.113 e. The number of aromatic nitrogens is 2. The summed E-state index contributed by atoms with van der Waals surface area (Å²) < 4.78 is 0. The van der Waals surface area contributed by atoms with Gasteiger partial charge in [-0.05, 0) is 111 Å². The minimum absolute atomic E-state index is 0.644. The number of rotatable bonds is 8. The first-order chi connectivity index (χ1) is 16.8. The molecule has 0 unspecified atom stereocenters. The summed E-state index contributed by atoms with van der Waals surface area (Å²) in [6.45, 7) is 0. The van der Waals surface area contributed by atoms with E-state index < -0.39 is 0 Å². The van der Waals surface area contributed by atoms with Crippen LogP contribution in [0, 0.1) is 61.2 Å². The topological polar surface area (TPSA) is 25.8 Å². The Morgan fingerprint density at radius 2 is 1.12 bits per heavy atom. The first-order valence-electron chi connectivity index (χ1n) is 11.3. The molecule has 0 amide bonds. The standard InChI is InChI=1S/C32H24N2/c1-3-5-7-9-15-27-25-29(19-21-31-17-11-13-23-33-31)30(20-22-32-18-12-14-24-34-32)26-28(27)16-10-8-6-4-2/h11-18,23-26H,5-10H2. The lowest BCUT2D eigenvalue weighted by molar-refractivity contribution is 0.837. The molecule has 0 atom stereocenters. The molecule has 0 bridgehead atoms. The molecule has 0 saturated heterocycles. The number of pyridine rings is 2. The predicted molar refractivity (Wildman–Crippen MR) is 136 cm³/mol. The fraction of sp³-hybridized carbons (Fsp3) is 0.188. The zero-order chi connectivity index (χ0) is 23.8. The van der Waals surface area contributed by atoms with Gasteiger partial charge >= 0.3 is 0 Å². The molecule has 2 nitrogen and oxygen atoms in total. The molecule has 0 aliphatic carbocycles. The van der Waals surface area contributed by atoms with Gasteiger partial charge in [-0.25, -0.2) is 9.97 Å². The quantitative estimate of drug-likeness (QED) is 0.324. The zero-order valence-corrected chi connectivity index (χ0v) is 19.1. The molecule has 2 aromatic heterocycles. The van der Waals surface area contributed by atoms with Crippen molar-refractivity contribution < 1.29 is 0 Å². The first-order valence-corrected chi connectivity index (χ1v) is 11.3. The molecule has 2 heteroatoms. The number of hydrogen-bond donors (Lipinski definition) is 0. The van der Waals surface area contributed by atoms with Crippen molar-refractivity contribution in [2.45, 2.75) is 38.5 Å². The van der Waals surface area contributed by atoms with Crippen LogP contribution in [-0.2, 0) is 0 Å². The third kappa shape index (κ3) is 8.03. The Morgan fingerprint density at radius 1 is 0.647 bits per heavy atom. The normalized spacial score (nSPS) is 9.59. The van der Waals surface area contributed by atoms with Crippen LogP contribution < -0.4 is 0 Å². The van der Waals surface area contributed by atoms with Gasteiger partial charge in [0.15, 0.2) is 0 Å². The summed E-state index contributed by atoms with van der Waals surface area (Å²) in [4.78, 5) is 8.61. The van der Waals surface area contributed by atoms with Crippen LogP contribution in [-0.4, -0.2) is 9.97 Å². The second-order valence-corrected chi connectivity index (χ2v) is 7.50. The van der Waals surface area contributed by atoms with E-state index >= 15 is 0 Å². The summed E-state index contributed by atoms with van der Waals surface area (Å²) in [5, 5.41) is 0. The third-order valence-corrected chi connectivity index (χ3v) is 4.94. The largest absolute Gasteiger partial charge is 0.248 e. The van der Waals surface area contributed by atoms with Crippen molar-refractivity contribution in [1.82, 2.24) is 9.97 Å². The summed E-state index contributed by atoms with van der Waals surface area (Å²) >= 11 is 0. The molecule has 2 heterocycles. The number of unbranched alkanes of at least 4 members (excludes halogenated alkanes) is 4. The fourth-order valence-electron chi connectivity index (χ4n) is 3.23. The van der Waals surface area contributed by atoms with Crippen LogP contribution in [0.25, 0.3) is 0 Å². The van der Waals surface area contributed by atoms with Crippen LogP contribution in [0.15, 0.2) is 60.9 Å². The van der Waals surface area contributed by atoms with Crippen molar-refractivity contribution in [3.05, 3.63) is 120 Å². The molecular formula is C32H24N2. The van der Waals surface area contributed by atoms with Gasteiger partial charge in [-0.1, -0.05) is 35.8 Å². The Balaban J connectivity index is 2.00. The summed E-state index contributed by atoms with van der Waals surface area (Å²) in [5.74, 6) is 17.7. The monoisotopic (exact) mass is 436 g/mol. The molecule has 4 radical (unpaired) electrons. The second-order valence-electron chi connectivity index (χ2n) is 7.50. The molecule has 0 spiro atoms. The number of nitrogens with zero attached hydrogens (tertiary/aromatic N) is 2. The van der Waals surface area contributed by atoms with Gasteiger partial charge in [0.25, 0.3) is 0 Å². The fourth-order valence-corrected chi connectivity index (χ4v) is 3.23. The highest BCUT2D eigenvalue weighted by atomic mass is 14.6. The van der Waals surface area contributed by atoms with Crippen molar-refractivity contribution in [3.63, 3.8) is 0 Å². The highest BCUT2D eigenvalue weighted by Crippen LogP contribution is 2.23. The maximum absolute atomic E-state index is 7.14. The van der Waals surface area contributed by atoms with Crippen LogP contribution in [0.5, 0.6) is 0 Å². The van der Waals surface area contributed by atoms with E-state index in [1.165, 1.54) is 0 Å². The van der Waals surface area contributed by atoms with Crippen LogP contribution in [0.4, 0.5) is 0 Å². The van der Waals surface area contributed by atoms with Crippen LogP contribution >= 0.6 is 0 Å². The molecule has 0 fully saturated rings. The molecule has 0 N–H and O–H groups in total. The zero-order valence-electron chi connectivity index (χ0n) is 19.1. The average Bonchev–Trinajstić information content (AvgIpc) is 2.88. The molecule has 0 saturated carbocycles. The van der Waals surface area contributed by atoms with Crippen molar-refractivity contribution in [3.8, 4) is 35.5 Å². The predicted octanol–water partition coefficient (Wildman–Crippen LogP) is 5.90. The van der Waals surface area contributed by atoms with Gasteiger partial charge in [-0.15, -0.1) is 0 Å². The van der Waals surface area contributed by atoms with Gasteiger partial charge in [0, 0.05) is 36.4 Å². The summed E-state index contributed by atoms with van der Waals surface area (Å²) in [7, 11) is 0. The van der Waals surface area contributed by atoms with E-state index in [0.717, 1.165) is 47.9 Å². The lowest BCUT2D eigenvalue weighted by Gasteiger charge is -2.12. The maximum atomic E-state index is 7.14. The van der Waals surface area contributed by atoms with Gasteiger partial charge in [-0.2, -0.15) is 0 Å². The van der Waals surface area contributed by atoms with Gasteiger partial charge in [-0.3, -0.25) is 0 Å². The molecule has 162 valence electrons. The molecular weight excluding hydrogens is 412 g/mol. The van der Waals surface area contributed by atoms with E-state index in [-0.39, 0.29) is 0 Å². The van der Waals surface area contributed by atoms with Crippen LogP contribution in [0.3, 0.4) is 0 Å². The minimum atomic E-state index is 0.644. The third-order valence-electron chi connectivity index (χ3n) is 4.94. The summed E-state index contributed by atoms with van der Waals surface area (Å²) in [6.07, 6.45) is 26.9. The van der Waals surface area contributed by atoms with Crippen molar-refractivity contribution in [2.75, 3.05) is 0 Å². The van der Waals surface area contributed by atoms with Gasteiger partial charge in [0.05, 0.1) is 0 Å². The molecule has 0 aliphatic rings. The average molecular weight is 437 g/mol. The van der Waals surface area contributed by atoms with Gasteiger partial charge in [0.1, 0.15) is 11.4 Å². The molecule has 3 aromatic rings. The summed E-state index contributed by atoms with van der Waals surface area (Å²) in [6, 6.07) is 15.5. The van der Waals surface area contributed by atoms with E-state index in [1.807, 2.05) is 36.4 Å². The first kappa shape index (κ1) is 24.4. The van der Waals surface area contributed by atoms with Crippen molar-refractivity contribution in [1.29, 1.82) is 0 Å². The van der Waals surface area contributed by atoms with Crippen molar-refractivity contribution >= 4 is 0 Å². The number of hydrogen-bond acceptors (Lipinski definition) is 2. The van der Waals surface area contributed by atoms with Crippen LogP contribution in [0.2, 0.25) is 0 Å². The highest BCUT2D eigenvalue weighted by Gasteiger charge is 2.09. The minimum Gasteiger partial charge on any atom is -0.248 e. The van der Waals surface area contributed by atoms with Gasteiger partial charge in [0.2, 0.25) is 0 Å². The Labute approximate surface area is 204 Å². The molecule has 34 heavy (non-hydrogen) atoms. The van der Waals surface area contributed by atoms with Crippen molar-refractivity contribution in [2.24, 2.45) is 0 Å². The summed E-state index contributed by atoms with van der Waals surface area (Å²) in [5.41, 5.74) is 5.27. The Kier molecular flexibility index (Phi) is 10.1. The van der Waals surface area contributed by atoms with E-state index in [9.17, 15) is 0 Å². The van der Waals surface area contributed by atoms with Crippen LogP contribution in [0.1, 0.15) is 72.2 Å². The lowest BCUT2D eigenvalue weighted by atomic mass is 9.92. The van der Waals surface area contributed by atoms with E-state index in [4.69, 9.17) is 12.8 Å². The van der Waals surface area contributed by atoms with E-state index in [0.29, 0.717) is 24.2 Å². The lowest BCUT2D eigenvalue weighted by Crippen LogP contribution is -1.97. The smallest absolute Gasteiger partial charge is 0.113 e. The second kappa shape index (κ2) is 14.0. The Morgan fingerprint density at radius 3 is 1.50 bits per heavy atom. The molecule has 3 rings (SSSR count). The van der Waals surface area contributed by atoms with Gasteiger partial charge < -0.3 is 0 Å². The molecule has 1 aromatic carbocycles. The Hall–Kier alpha value is -4.24.